The number of rotatable bonds is 5. The van der Waals surface area contributed by atoms with Gasteiger partial charge in [0.1, 0.15) is 0 Å². The molecule has 0 aliphatic heterocycles. The third-order valence-electron chi connectivity index (χ3n) is 1.000. The van der Waals surface area contributed by atoms with E-state index in [1.807, 2.05) is 0 Å². The molecule has 0 rings (SSSR count). The van der Waals surface area contributed by atoms with E-state index in [2.05, 4.69) is 47.9 Å². The molecule has 4 nitrogen and oxygen atoms in total. The minimum Gasteiger partial charge on any atom is -0.456 e. The van der Waals surface area contributed by atoms with Crippen LogP contribution >= 0.6 is 25.3 Å². The monoisotopic (exact) mass is 234 g/mol. The predicted octanol–water partition coefficient (Wildman–Crippen LogP) is 0.958. The Morgan fingerprint density at radius 1 is 1.21 bits per heavy atom. The van der Waals surface area contributed by atoms with Crippen LogP contribution in [0.3, 0.4) is 0 Å². The lowest BCUT2D eigenvalue weighted by molar-refractivity contribution is -0.149. The number of ether oxygens (including phenoxy) is 2. The Bertz CT molecular complexity index is 260. The van der Waals surface area contributed by atoms with Crippen LogP contribution in [-0.2, 0) is 19.1 Å². The van der Waals surface area contributed by atoms with Crippen LogP contribution in [0.15, 0.2) is 25.3 Å². The van der Waals surface area contributed by atoms with Gasteiger partial charge in [-0.25, -0.2) is 9.59 Å². The Morgan fingerprint density at radius 2 is 1.71 bits per heavy atom. The van der Waals surface area contributed by atoms with E-state index in [-0.39, 0.29) is 6.61 Å². The van der Waals surface area contributed by atoms with Crippen LogP contribution in [0.2, 0.25) is 0 Å². The van der Waals surface area contributed by atoms with Crippen molar-refractivity contribution in [3.8, 4) is 0 Å². The summed E-state index contributed by atoms with van der Waals surface area (Å²) in [6.07, 6.45) is 1.93. The van der Waals surface area contributed by atoms with E-state index in [0.29, 0.717) is 0 Å². The van der Waals surface area contributed by atoms with Gasteiger partial charge in [0.2, 0.25) is 4.27 Å². The Kier molecular flexibility index (Phi) is 5.40. The van der Waals surface area contributed by atoms with Gasteiger partial charge < -0.3 is 9.47 Å². The number of thiol groups is 2. The molecule has 0 saturated heterocycles. The van der Waals surface area contributed by atoms with Gasteiger partial charge in [-0.2, -0.15) is 0 Å². The number of esters is 2. The maximum Gasteiger partial charge on any atom is 0.332 e. The van der Waals surface area contributed by atoms with Crippen LogP contribution in [-0.4, -0.2) is 22.8 Å². The molecular weight excluding hydrogens is 224 g/mol. The highest BCUT2D eigenvalue weighted by Crippen LogP contribution is 2.22. The van der Waals surface area contributed by atoms with E-state index in [4.69, 9.17) is 0 Å². The third kappa shape index (κ3) is 5.71. The molecule has 0 atom stereocenters. The van der Waals surface area contributed by atoms with Crippen molar-refractivity contribution in [2.45, 2.75) is 4.27 Å². The molecule has 78 valence electrons. The van der Waals surface area contributed by atoms with Crippen LogP contribution in [0.5, 0.6) is 0 Å². The van der Waals surface area contributed by atoms with Gasteiger partial charge in [0.25, 0.3) is 0 Å². The van der Waals surface area contributed by atoms with Gasteiger partial charge in [-0.05, 0) is 0 Å². The second-order valence-electron chi connectivity index (χ2n) is 2.18. The lowest BCUT2D eigenvalue weighted by atomic mass is 10.6. The normalized spacial score (nSPS) is 10.1. The fourth-order valence-electron chi connectivity index (χ4n) is 0.456. The molecule has 0 saturated carbocycles. The summed E-state index contributed by atoms with van der Waals surface area (Å²) in [7, 11) is 0. The quantitative estimate of drug-likeness (QED) is 0.322. The average molecular weight is 234 g/mol. The zero-order valence-corrected chi connectivity index (χ0v) is 9.09. The van der Waals surface area contributed by atoms with E-state index in [1.54, 1.807) is 0 Å². The molecule has 0 N–H and O–H groups in total. The molecule has 0 unspecified atom stereocenters. The SMILES string of the molecule is C=CC(=O)OCC(S)(S)OC(=O)C=C. The van der Waals surface area contributed by atoms with Crippen LogP contribution in [0.1, 0.15) is 0 Å². The van der Waals surface area contributed by atoms with Crippen LogP contribution < -0.4 is 0 Å². The summed E-state index contributed by atoms with van der Waals surface area (Å²) in [6.45, 7) is 6.09. The number of hydrogen-bond acceptors (Lipinski definition) is 6. The minimum atomic E-state index is -1.47. The number of carbonyl (C=O) groups excluding carboxylic acids is 2. The van der Waals surface area contributed by atoms with Crippen molar-refractivity contribution in [1.82, 2.24) is 0 Å². The van der Waals surface area contributed by atoms with Crippen molar-refractivity contribution in [3.63, 3.8) is 0 Å². The summed E-state index contributed by atoms with van der Waals surface area (Å²) in [5.41, 5.74) is 0. The zero-order chi connectivity index (χ0) is 11.2. The van der Waals surface area contributed by atoms with E-state index in [0.717, 1.165) is 12.2 Å². The minimum absolute atomic E-state index is 0.288. The van der Waals surface area contributed by atoms with E-state index < -0.39 is 16.2 Å². The molecule has 14 heavy (non-hydrogen) atoms. The zero-order valence-electron chi connectivity index (χ0n) is 7.30. The molecule has 0 amide bonds. The molecule has 0 aromatic heterocycles. The standard InChI is InChI=1S/C8H10O4S2/c1-3-6(9)11-5-8(13,14)12-7(10)4-2/h3-4,13-14H,1-2,5H2. The van der Waals surface area contributed by atoms with Crippen molar-refractivity contribution in [1.29, 1.82) is 0 Å². The molecule has 0 heterocycles. The van der Waals surface area contributed by atoms with E-state index in [9.17, 15) is 9.59 Å². The largest absolute Gasteiger partial charge is 0.456 e. The predicted molar refractivity (Wildman–Crippen MR) is 58.1 cm³/mol. The van der Waals surface area contributed by atoms with Crippen LogP contribution in [0, 0.1) is 0 Å². The van der Waals surface area contributed by atoms with Gasteiger partial charge >= 0.3 is 11.9 Å². The topological polar surface area (TPSA) is 52.6 Å². The van der Waals surface area contributed by atoms with Crippen LogP contribution in [0.4, 0.5) is 0 Å². The summed E-state index contributed by atoms with van der Waals surface area (Å²) in [5.74, 6) is -1.35. The van der Waals surface area contributed by atoms with Crippen molar-refractivity contribution in [2.24, 2.45) is 0 Å². The molecule has 0 spiro atoms. The van der Waals surface area contributed by atoms with Gasteiger partial charge in [-0.3, -0.25) is 0 Å². The summed E-state index contributed by atoms with van der Waals surface area (Å²) in [6, 6.07) is 0. The Morgan fingerprint density at radius 3 is 2.14 bits per heavy atom. The van der Waals surface area contributed by atoms with Gasteiger partial charge in [0.15, 0.2) is 6.61 Å². The highest BCUT2D eigenvalue weighted by Gasteiger charge is 2.26. The lowest BCUT2D eigenvalue weighted by Crippen LogP contribution is -2.28. The Labute approximate surface area is 92.8 Å². The first-order valence-electron chi connectivity index (χ1n) is 3.50. The molecule has 0 aliphatic carbocycles. The smallest absolute Gasteiger partial charge is 0.332 e. The van der Waals surface area contributed by atoms with Gasteiger partial charge in [0, 0.05) is 12.2 Å². The first kappa shape index (κ1) is 13.1. The fourth-order valence-corrected chi connectivity index (χ4v) is 0.765. The maximum absolute atomic E-state index is 10.7. The van der Waals surface area contributed by atoms with Crippen molar-refractivity contribution in [3.05, 3.63) is 25.3 Å². The fraction of sp³-hybridized carbons (Fsp3) is 0.250. The molecule has 0 radical (unpaired) electrons. The van der Waals surface area contributed by atoms with Gasteiger partial charge in [0.05, 0.1) is 0 Å². The van der Waals surface area contributed by atoms with Crippen molar-refractivity contribution >= 4 is 37.2 Å². The second kappa shape index (κ2) is 5.77. The molecule has 0 aromatic carbocycles. The van der Waals surface area contributed by atoms with Crippen molar-refractivity contribution in [2.75, 3.05) is 6.61 Å². The summed E-state index contributed by atoms with van der Waals surface area (Å²) in [4.78, 5) is 21.4. The van der Waals surface area contributed by atoms with E-state index in [1.165, 1.54) is 0 Å². The Balaban J connectivity index is 4.06. The Hall–Kier alpha value is -0.880. The first-order chi connectivity index (χ1) is 6.41. The second-order valence-corrected chi connectivity index (χ2v) is 3.98. The molecule has 6 heteroatoms. The van der Waals surface area contributed by atoms with Crippen molar-refractivity contribution < 1.29 is 19.1 Å². The molecular formula is C8H10O4S2. The summed E-state index contributed by atoms with van der Waals surface area (Å²) >= 11 is 7.71. The van der Waals surface area contributed by atoms with Gasteiger partial charge in [-0.1, -0.05) is 13.2 Å². The summed E-state index contributed by atoms with van der Waals surface area (Å²) in [5, 5.41) is 0. The molecule has 0 bridgehead atoms. The highest BCUT2D eigenvalue weighted by molar-refractivity contribution is 8.00. The van der Waals surface area contributed by atoms with Gasteiger partial charge in [-0.15, -0.1) is 25.3 Å². The summed E-state index contributed by atoms with van der Waals surface area (Å²) < 4.78 is 7.75. The van der Waals surface area contributed by atoms with E-state index >= 15 is 0 Å². The van der Waals surface area contributed by atoms with Crippen LogP contribution in [0.25, 0.3) is 0 Å². The molecule has 0 aromatic rings. The lowest BCUT2D eigenvalue weighted by Gasteiger charge is -2.21. The first-order valence-corrected chi connectivity index (χ1v) is 4.40. The third-order valence-corrected chi connectivity index (χ3v) is 1.44. The molecule has 0 fully saturated rings. The molecule has 0 aliphatic rings. The highest BCUT2D eigenvalue weighted by atomic mass is 32.2. The average Bonchev–Trinajstić information content (AvgIpc) is 2.13. The number of carbonyl (C=O) groups is 2. The maximum atomic E-state index is 10.7. The number of hydrogen-bond donors (Lipinski definition) is 2.